The van der Waals surface area contributed by atoms with Gasteiger partial charge in [0, 0.05) is 0 Å². The van der Waals surface area contributed by atoms with Gasteiger partial charge in [-0.2, -0.15) is 0 Å². The summed E-state index contributed by atoms with van der Waals surface area (Å²) in [5.41, 5.74) is 0. The van der Waals surface area contributed by atoms with Crippen LogP contribution in [0.2, 0.25) is 0 Å². The average Bonchev–Trinajstić information content (AvgIpc) is 3.27. The van der Waals surface area contributed by atoms with Crippen LogP contribution in [0.1, 0.15) is 15.6 Å². The molecule has 0 atom stereocenters. The summed E-state index contributed by atoms with van der Waals surface area (Å²) in [7, 11) is 0. The predicted molar refractivity (Wildman–Crippen MR) is 90.6 cm³/mol. The van der Waals surface area contributed by atoms with Crippen LogP contribution < -0.4 is 10.6 Å². The van der Waals surface area contributed by atoms with Crippen LogP contribution in [0.25, 0.3) is 0 Å². The largest absolute Gasteiger partial charge is 0.459 e. The Morgan fingerprint density at radius 3 is 2.67 bits per heavy atom. The third kappa shape index (κ3) is 4.37. The van der Waals surface area contributed by atoms with Crippen molar-refractivity contribution in [3.05, 3.63) is 29.2 Å². The highest BCUT2D eigenvalue weighted by molar-refractivity contribution is 8.01. The molecule has 3 aromatic rings. The first-order valence-electron chi connectivity index (χ1n) is 6.51. The van der Waals surface area contributed by atoms with E-state index in [9.17, 15) is 9.59 Å². The molecule has 124 valence electrons. The first kappa shape index (κ1) is 16.5. The summed E-state index contributed by atoms with van der Waals surface area (Å²) < 4.78 is 5.55. The van der Waals surface area contributed by atoms with Gasteiger partial charge in [0.1, 0.15) is 5.01 Å². The highest BCUT2D eigenvalue weighted by Crippen LogP contribution is 2.26. The molecule has 3 aromatic heterocycles. The second-order valence-electron chi connectivity index (χ2n) is 4.27. The van der Waals surface area contributed by atoms with Crippen LogP contribution in [-0.4, -0.2) is 38.0 Å². The van der Waals surface area contributed by atoms with E-state index >= 15 is 0 Å². The highest BCUT2D eigenvalue weighted by atomic mass is 32.2. The lowest BCUT2D eigenvalue weighted by atomic mass is 10.4. The van der Waals surface area contributed by atoms with E-state index < -0.39 is 5.91 Å². The maximum Gasteiger partial charge on any atom is 0.293 e. The number of amides is 2. The Morgan fingerprint density at radius 1 is 1.17 bits per heavy atom. The third-order valence-corrected chi connectivity index (χ3v) is 5.20. The van der Waals surface area contributed by atoms with Crippen LogP contribution in [0.3, 0.4) is 0 Å². The van der Waals surface area contributed by atoms with Crippen molar-refractivity contribution in [3.63, 3.8) is 0 Å². The second-order valence-corrected chi connectivity index (χ2v) is 7.65. The zero-order chi connectivity index (χ0) is 16.9. The lowest BCUT2D eigenvalue weighted by Crippen LogP contribution is -2.13. The minimum absolute atomic E-state index is 0.152. The molecular formula is C12H10N6O3S3. The molecule has 0 spiro atoms. The van der Waals surface area contributed by atoms with Crippen LogP contribution in [0.15, 0.2) is 27.2 Å². The van der Waals surface area contributed by atoms with Crippen molar-refractivity contribution < 1.29 is 14.0 Å². The van der Waals surface area contributed by atoms with Gasteiger partial charge in [-0.05, 0) is 19.1 Å². The van der Waals surface area contributed by atoms with Crippen molar-refractivity contribution in [2.75, 3.05) is 16.4 Å². The fourth-order valence-electron chi connectivity index (χ4n) is 1.51. The Balaban J connectivity index is 1.49. The van der Waals surface area contributed by atoms with Gasteiger partial charge in [0.2, 0.25) is 16.2 Å². The zero-order valence-electron chi connectivity index (χ0n) is 12.2. The fraction of sp³-hybridized carbons (Fsp3) is 0.167. The number of hydrogen-bond donors (Lipinski definition) is 2. The van der Waals surface area contributed by atoms with Crippen LogP contribution in [0, 0.1) is 6.92 Å². The number of thioether (sulfide) groups is 1. The number of anilines is 2. The molecule has 0 saturated heterocycles. The Bertz CT molecular complexity index is 844. The van der Waals surface area contributed by atoms with Crippen LogP contribution in [0.4, 0.5) is 10.3 Å². The Kier molecular flexibility index (Phi) is 5.17. The first-order chi connectivity index (χ1) is 11.6. The van der Waals surface area contributed by atoms with Crippen LogP contribution in [-0.2, 0) is 4.79 Å². The summed E-state index contributed by atoms with van der Waals surface area (Å²) in [5, 5.41) is 22.2. The number of carbonyl (C=O) groups excluding carboxylic acids is 2. The van der Waals surface area contributed by atoms with Gasteiger partial charge in [-0.15, -0.1) is 20.4 Å². The lowest BCUT2D eigenvalue weighted by Gasteiger charge is -1.98. The molecule has 0 saturated carbocycles. The van der Waals surface area contributed by atoms with E-state index in [4.69, 9.17) is 4.42 Å². The number of furan rings is 1. The molecule has 3 rings (SSSR count). The smallest absolute Gasteiger partial charge is 0.293 e. The quantitative estimate of drug-likeness (QED) is 0.492. The van der Waals surface area contributed by atoms with Gasteiger partial charge in [0.15, 0.2) is 10.1 Å². The molecule has 0 aliphatic carbocycles. The highest BCUT2D eigenvalue weighted by Gasteiger charge is 2.14. The van der Waals surface area contributed by atoms with E-state index in [1.165, 1.54) is 40.7 Å². The molecule has 2 N–H and O–H groups in total. The van der Waals surface area contributed by atoms with Crippen molar-refractivity contribution >= 4 is 56.5 Å². The summed E-state index contributed by atoms with van der Waals surface area (Å²) >= 11 is 3.69. The molecule has 9 nitrogen and oxygen atoms in total. The Labute approximate surface area is 147 Å². The molecule has 3 heterocycles. The SMILES string of the molecule is Cc1nnc(NC(=O)CSc2nnc(NC(=O)c3ccco3)s2)s1. The number of hydrogen-bond acceptors (Lipinski definition) is 10. The van der Waals surface area contributed by atoms with Gasteiger partial charge in [0.25, 0.3) is 5.91 Å². The molecule has 2 amide bonds. The summed E-state index contributed by atoms with van der Waals surface area (Å²) in [6.45, 7) is 1.81. The average molecular weight is 382 g/mol. The number of carbonyl (C=O) groups is 2. The monoisotopic (exact) mass is 382 g/mol. The minimum atomic E-state index is -0.405. The van der Waals surface area contributed by atoms with Crippen molar-refractivity contribution in [1.82, 2.24) is 20.4 Å². The van der Waals surface area contributed by atoms with Crippen molar-refractivity contribution in [3.8, 4) is 0 Å². The second kappa shape index (κ2) is 7.51. The van der Waals surface area contributed by atoms with Gasteiger partial charge < -0.3 is 4.42 Å². The molecule has 0 fully saturated rings. The molecular weight excluding hydrogens is 372 g/mol. The van der Waals surface area contributed by atoms with Crippen LogP contribution in [0.5, 0.6) is 0 Å². The molecule has 0 aromatic carbocycles. The van der Waals surface area contributed by atoms with E-state index in [-0.39, 0.29) is 17.4 Å². The van der Waals surface area contributed by atoms with Crippen molar-refractivity contribution in [2.24, 2.45) is 0 Å². The van der Waals surface area contributed by atoms with E-state index in [1.807, 2.05) is 6.92 Å². The maximum atomic E-state index is 11.8. The number of nitrogens with zero attached hydrogens (tertiary/aromatic N) is 4. The van der Waals surface area contributed by atoms with Gasteiger partial charge >= 0.3 is 0 Å². The maximum absolute atomic E-state index is 11.8. The predicted octanol–water partition coefficient (Wildman–Crippen LogP) is 2.27. The first-order valence-corrected chi connectivity index (χ1v) is 9.13. The standard InChI is InChI=1S/C12H10N6O3S3/c1-6-15-16-10(23-6)13-8(19)5-22-12-18-17-11(24-12)14-9(20)7-3-2-4-21-7/h2-4H,5H2,1H3,(H,13,16,19)(H,14,17,20). The fourth-order valence-corrected chi connectivity index (χ4v) is 3.67. The summed E-state index contributed by atoms with van der Waals surface area (Å²) in [6, 6.07) is 3.17. The van der Waals surface area contributed by atoms with Crippen molar-refractivity contribution in [2.45, 2.75) is 11.3 Å². The van der Waals surface area contributed by atoms with Crippen LogP contribution >= 0.6 is 34.4 Å². The zero-order valence-corrected chi connectivity index (χ0v) is 14.6. The molecule has 0 bridgehead atoms. The molecule has 12 heteroatoms. The van der Waals surface area contributed by atoms with Gasteiger partial charge in [-0.25, -0.2) is 0 Å². The molecule has 24 heavy (non-hydrogen) atoms. The summed E-state index contributed by atoms with van der Waals surface area (Å²) in [6.07, 6.45) is 1.41. The molecule has 0 radical (unpaired) electrons. The summed E-state index contributed by atoms with van der Waals surface area (Å²) in [5.74, 6) is -0.282. The Hall–Kier alpha value is -2.31. The topological polar surface area (TPSA) is 123 Å². The number of rotatable bonds is 6. The number of aryl methyl sites for hydroxylation is 1. The van der Waals surface area contributed by atoms with Gasteiger partial charge in [-0.1, -0.05) is 34.4 Å². The normalized spacial score (nSPS) is 10.5. The third-order valence-electron chi connectivity index (χ3n) is 2.47. The number of aromatic nitrogens is 4. The van der Waals surface area contributed by atoms with E-state index in [1.54, 1.807) is 12.1 Å². The number of nitrogens with one attached hydrogen (secondary N) is 2. The van der Waals surface area contributed by atoms with E-state index in [2.05, 4.69) is 31.0 Å². The molecule has 0 aliphatic heterocycles. The molecule has 0 aliphatic rings. The van der Waals surface area contributed by atoms with Gasteiger partial charge in [-0.3, -0.25) is 20.2 Å². The molecule has 0 unspecified atom stereocenters. The minimum Gasteiger partial charge on any atom is -0.459 e. The van der Waals surface area contributed by atoms with E-state index in [0.717, 1.165) is 5.01 Å². The lowest BCUT2D eigenvalue weighted by molar-refractivity contribution is -0.113. The van der Waals surface area contributed by atoms with Crippen molar-refractivity contribution in [1.29, 1.82) is 0 Å². The van der Waals surface area contributed by atoms with Gasteiger partial charge in [0.05, 0.1) is 12.0 Å². The van der Waals surface area contributed by atoms with E-state index in [0.29, 0.717) is 14.6 Å². The Morgan fingerprint density at radius 2 is 1.96 bits per heavy atom. The summed E-state index contributed by atoms with van der Waals surface area (Å²) in [4.78, 5) is 23.6.